The van der Waals surface area contributed by atoms with Crippen molar-refractivity contribution in [3.05, 3.63) is 35.8 Å². The fourth-order valence-corrected chi connectivity index (χ4v) is 5.66. The molecule has 2 saturated heterocycles. The standard InChI is InChI=1S/C27H38N8O4/c1-17-4-5-19(28-15-17)23(33-24(36)21-6-9-30-35(21)11-10-34(2)3)25(37)32-22-14-20-18(16-29-22)27(26(38)31-20)7-12-39-13-8-27/h6,9,14,16-17,19,23,28H,4-5,7-8,10-13,15H2,1-3H3,(H,31,38)(H,33,36)(H,29,32,37)/t17-,19+,23+/m1/s1. The number of hydrogen-bond donors (Lipinski definition) is 4. The van der Waals surface area contributed by atoms with E-state index in [9.17, 15) is 14.4 Å². The maximum Gasteiger partial charge on any atom is 0.270 e. The minimum Gasteiger partial charge on any atom is -0.381 e. The molecule has 4 N–H and O–H groups in total. The molecule has 5 rings (SSSR count). The lowest BCUT2D eigenvalue weighted by atomic mass is 9.76. The van der Waals surface area contributed by atoms with Crippen LogP contribution in [0.15, 0.2) is 24.5 Å². The molecule has 210 valence electrons. The Morgan fingerprint density at radius 1 is 1.28 bits per heavy atom. The van der Waals surface area contributed by atoms with Crippen molar-refractivity contribution in [2.75, 3.05) is 51.0 Å². The molecule has 3 amide bonds. The van der Waals surface area contributed by atoms with Gasteiger partial charge in [0.2, 0.25) is 11.8 Å². The Hall–Kier alpha value is -3.35. The number of rotatable bonds is 8. The van der Waals surface area contributed by atoms with Gasteiger partial charge in [-0.1, -0.05) is 6.92 Å². The number of nitrogens with one attached hydrogen (secondary N) is 4. The molecule has 1 spiro atoms. The molecule has 0 saturated carbocycles. The maximum absolute atomic E-state index is 13.6. The van der Waals surface area contributed by atoms with Gasteiger partial charge in [-0.15, -0.1) is 0 Å². The average molecular weight is 539 g/mol. The summed E-state index contributed by atoms with van der Waals surface area (Å²) in [6.07, 6.45) is 6.17. The van der Waals surface area contributed by atoms with Gasteiger partial charge in [-0.25, -0.2) is 4.98 Å². The van der Waals surface area contributed by atoms with E-state index in [1.807, 2.05) is 19.0 Å². The number of aromatic nitrogens is 3. The molecule has 3 aliphatic rings. The van der Waals surface area contributed by atoms with Gasteiger partial charge in [0, 0.05) is 49.8 Å². The number of carbonyl (C=O) groups excluding carboxylic acids is 3. The maximum atomic E-state index is 13.6. The zero-order valence-electron chi connectivity index (χ0n) is 22.8. The summed E-state index contributed by atoms with van der Waals surface area (Å²) < 4.78 is 7.12. The van der Waals surface area contributed by atoms with Crippen molar-refractivity contribution in [1.82, 2.24) is 30.3 Å². The summed E-state index contributed by atoms with van der Waals surface area (Å²) in [7, 11) is 3.92. The van der Waals surface area contributed by atoms with Gasteiger partial charge in [0.25, 0.3) is 5.91 Å². The van der Waals surface area contributed by atoms with Gasteiger partial charge in [0.05, 0.1) is 17.6 Å². The zero-order valence-corrected chi connectivity index (χ0v) is 22.8. The predicted octanol–water partition coefficient (Wildman–Crippen LogP) is 0.965. The minimum absolute atomic E-state index is 0.0531. The van der Waals surface area contributed by atoms with Crippen LogP contribution in [0, 0.1) is 5.92 Å². The van der Waals surface area contributed by atoms with Crippen molar-refractivity contribution in [3.8, 4) is 0 Å². The quantitative estimate of drug-likeness (QED) is 0.389. The molecule has 2 aromatic heterocycles. The third kappa shape index (κ3) is 5.68. The molecule has 3 aliphatic heterocycles. The Bertz CT molecular complexity index is 1210. The topological polar surface area (TPSA) is 143 Å². The van der Waals surface area contributed by atoms with Crippen LogP contribution in [0.25, 0.3) is 0 Å². The summed E-state index contributed by atoms with van der Waals surface area (Å²) >= 11 is 0. The van der Waals surface area contributed by atoms with Crippen LogP contribution in [0.4, 0.5) is 11.5 Å². The van der Waals surface area contributed by atoms with Gasteiger partial charge in [0.1, 0.15) is 17.6 Å². The first-order valence-electron chi connectivity index (χ1n) is 13.7. The summed E-state index contributed by atoms with van der Waals surface area (Å²) in [6, 6.07) is 2.30. The molecule has 39 heavy (non-hydrogen) atoms. The van der Waals surface area contributed by atoms with E-state index < -0.39 is 11.5 Å². The Balaban J connectivity index is 1.33. The number of likely N-dealkylation sites (N-methyl/N-ethyl adjacent to an activating group) is 1. The van der Waals surface area contributed by atoms with Gasteiger partial charge in [-0.2, -0.15) is 5.10 Å². The number of piperidine rings is 1. The van der Waals surface area contributed by atoms with Crippen molar-refractivity contribution >= 4 is 29.2 Å². The van der Waals surface area contributed by atoms with Crippen LogP contribution in [0.5, 0.6) is 0 Å². The third-order valence-electron chi connectivity index (χ3n) is 8.08. The number of anilines is 2. The number of carbonyl (C=O) groups is 3. The van der Waals surface area contributed by atoms with E-state index in [1.54, 1.807) is 29.2 Å². The lowest BCUT2D eigenvalue weighted by Crippen LogP contribution is -2.58. The molecule has 3 atom stereocenters. The number of hydrogen-bond acceptors (Lipinski definition) is 8. The second-order valence-electron chi connectivity index (χ2n) is 11.1. The van der Waals surface area contributed by atoms with Crippen LogP contribution in [-0.4, -0.2) is 89.9 Å². The minimum atomic E-state index is -0.825. The number of amides is 3. The Kier molecular flexibility index (Phi) is 7.96. The van der Waals surface area contributed by atoms with Crippen LogP contribution >= 0.6 is 0 Å². The summed E-state index contributed by atoms with van der Waals surface area (Å²) in [5.74, 6) is 0.0348. The monoisotopic (exact) mass is 538 g/mol. The van der Waals surface area contributed by atoms with Gasteiger partial charge in [-0.05, 0) is 58.3 Å². The Labute approximate surface area is 228 Å². The van der Waals surface area contributed by atoms with Crippen LogP contribution < -0.4 is 21.3 Å². The summed E-state index contributed by atoms with van der Waals surface area (Å²) in [5, 5.41) is 16.5. The lowest BCUT2D eigenvalue weighted by molar-refractivity contribution is -0.124. The first-order valence-corrected chi connectivity index (χ1v) is 13.7. The van der Waals surface area contributed by atoms with E-state index in [0.717, 1.165) is 31.5 Å². The molecule has 0 bridgehead atoms. The number of pyridine rings is 1. The smallest absolute Gasteiger partial charge is 0.270 e. The van der Waals surface area contributed by atoms with E-state index in [2.05, 4.69) is 38.3 Å². The number of fused-ring (bicyclic) bond motifs is 2. The number of nitrogens with zero attached hydrogens (tertiary/aromatic N) is 4. The van der Waals surface area contributed by atoms with Gasteiger partial charge >= 0.3 is 0 Å². The van der Waals surface area contributed by atoms with Crippen LogP contribution in [-0.2, 0) is 26.3 Å². The Morgan fingerprint density at radius 3 is 2.79 bits per heavy atom. The second-order valence-corrected chi connectivity index (χ2v) is 11.1. The predicted molar refractivity (Wildman–Crippen MR) is 145 cm³/mol. The highest BCUT2D eigenvalue weighted by atomic mass is 16.5. The Morgan fingerprint density at radius 2 is 2.08 bits per heavy atom. The van der Waals surface area contributed by atoms with E-state index in [-0.39, 0.29) is 23.8 Å². The first kappa shape index (κ1) is 27.2. The molecule has 2 aromatic rings. The van der Waals surface area contributed by atoms with Crippen LogP contribution in [0.3, 0.4) is 0 Å². The summed E-state index contributed by atoms with van der Waals surface area (Å²) in [6.45, 7) is 5.25. The largest absolute Gasteiger partial charge is 0.381 e. The van der Waals surface area contributed by atoms with E-state index >= 15 is 0 Å². The highest BCUT2D eigenvalue weighted by molar-refractivity contribution is 6.07. The molecule has 5 heterocycles. The molecular weight excluding hydrogens is 500 g/mol. The highest BCUT2D eigenvalue weighted by Crippen LogP contribution is 2.44. The van der Waals surface area contributed by atoms with Gasteiger partial charge in [-0.3, -0.25) is 19.1 Å². The van der Waals surface area contributed by atoms with Crippen molar-refractivity contribution in [2.45, 2.75) is 56.7 Å². The highest BCUT2D eigenvalue weighted by Gasteiger charge is 2.48. The lowest BCUT2D eigenvalue weighted by Gasteiger charge is -2.33. The van der Waals surface area contributed by atoms with Gasteiger partial charge in [0.15, 0.2) is 0 Å². The SMILES string of the molecule is C[C@@H]1CC[C@@H]([C@H](NC(=O)c2ccnn2CCN(C)C)C(=O)Nc2cc3c(cn2)C2(CCOCC2)C(=O)N3)NC1. The van der Waals surface area contributed by atoms with Gasteiger partial charge < -0.3 is 30.9 Å². The average Bonchev–Trinajstić information content (AvgIpc) is 3.49. The molecular formula is C27H38N8O4. The van der Waals surface area contributed by atoms with E-state index in [1.165, 1.54) is 0 Å². The molecule has 12 nitrogen and oxygen atoms in total. The molecule has 0 aromatic carbocycles. The van der Waals surface area contributed by atoms with E-state index in [0.29, 0.717) is 55.7 Å². The fourth-order valence-electron chi connectivity index (χ4n) is 5.66. The van der Waals surface area contributed by atoms with Crippen LogP contribution in [0.1, 0.15) is 48.7 Å². The normalized spacial score (nSPS) is 22.8. The molecule has 0 unspecified atom stereocenters. The zero-order chi connectivity index (χ0) is 27.6. The summed E-state index contributed by atoms with van der Waals surface area (Å²) in [4.78, 5) is 46.3. The molecule has 2 fully saturated rings. The molecule has 0 radical (unpaired) electrons. The second kappa shape index (κ2) is 11.4. The van der Waals surface area contributed by atoms with Crippen molar-refractivity contribution in [3.63, 3.8) is 0 Å². The van der Waals surface area contributed by atoms with Crippen molar-refractivity contribution < 1.29 is 19.1 Å². The first-order chi connectivity index (χ1) is 18.8. The summed E-state index contributed by atoms with van der Waals surface area (Å²) in [5.41, 5.74) is 1.27. The molecule has 12 heteroatoms. The van der Waals surface area contributed by atoms with E-state index in [4.69, 9.17) is 4.74 Å². The van der Waals surface area contributed by atoms with Crippen molar-refractivity contribution in [1.29, 1.82) is 0 Å². The molecule has 0 aliphatic carbocycles. The van der Waals surface area contributed by atoms with Crippen LogP contribution in [0.2, 0.25) is 0 Å². The fraction of sp³-hybridized carbons (Fsp3) is 0.593. The third-order valence-corrected chi connectivity index (χ3v) is 8.08. The number of ether oxygens (including phenoxy) is 1. The van der Waals surface area contributed by atoms with Crippen molar-refractivity contribution in [2.24, 2.45) is 5.92 Å².